The number of fused-ring (bicyclic) bond motifs is 2. The lowest BCUT2D eigenvalue weighted by atomic mass is 10.1. The van der Waals surface area contributed by atoms with E-state index in [-0.39, 0.29) is 18.4 Å². The molecule has 4 N–H and O–H groups in total. The highest BCUT2D eigenvalue weighted by Gasteiger charge is 2.36. The Morgan fingerprint density at radius 1 is 1.20 bits per heavy atom. The molecule has 1 fully saturated rings. The fourth-order valence-electron chi connectivity index (χ4n) is 4.62. The smallest absolute Gasteiger partial charge is 0.317 e. The molecule has 184 valence electrons. The van der Waals surface area contributed by atoms with E-state index in [1.807, 2.05) is 7.05 Å². The van der Waals surface area contributed by atoms with Crippen molar-refractivity contribution in [2.75, 3.05) is 33.2 Å². The highest BCUT2D eigenvalue weighted by Crippen LogP contribution is 2.25. The summed E-state index contributed by atoms with van der Waals surface area (Å²) >= 11 is 7.43. The van der Waals surface area contributed by atoms with Gasteiger partial charge in [-0.2, -0.15) is 0 Å². The van der Waals surface area contributed by atoms with Crippen molar-refractivity contribution in [1.29, 1.82) is 0 Å². The van der Waals surface area contributed by atoms with Crippen LogP contribution < -0.4 is 10.6 Å². The molecule has 0 aliphatic carbocycles. The van der Waals surface area contributed by atoms with E-state index in [1.165, 1.54) is 11.3 Å². The SMILES string of the molecule is CN1CCc2nc(C(=O)N[C@@H]3CN(CC(=O)O)C[C@H]3NC(=O)c3cc4cc(Cl)ccc4[nH]3)sc2C1. The number of nitrogens with zero attached hydrogens (tertiary/aromatic N) is 3. The second-order valence-corrected chi connectivity index (χ2v) is 10.6. The number of carboxylic acids is 1. The summed E-state index contributed by atoms with van der Waals surface area (Å²) in [5.41, 5.74) is 2.10. The molecule has 0 saturated carbocycles. The van der Waals surface area contributed by atoms with E-state index in [2.05, 4.69) is 25.5 Å². The van der Waals surface area contributed by atoms with Gasteiger partial charge >= 0.3 is 5.97 Å². The molecule has 35 heavy (non-hydrogen) atoms. The number of thiazole rings is 1. The van der Waals surface area contributed by atoms with Crippen molar-refractivity contribution in [2.45, 2.75) is 25.0 Å². The molecule has 2 amide bonds. The Morgan fingerprint density at radius 3 is 2.69 bits per heavy atom. The van der Waals surface area contributed by atoms with Gasteiger partial charge in [-0.25, -0.2) is 4.98 Å². The fourth-order valence-corrected chi connectivity index (χ4v) is 5.89. The molecule has 10 nitrogen and oxygen atoms in total. The van der Waals surface area contributed by atoms with Crippen LogP contribution >= 0.6 is 22.9 Å². The van der Waals surface area contributed by atoms with Crippen LogP contribution in [0, 0.1) is 0 Å². The third kappa shape index (κ3) is 5.18. The topological polar surface area (TPSA) is 131 Å². The second kappa shape index (κ2) is 9.57. The summed E-state index contributed by atoms with van der Waals surface area (Å²) in [5, 5.41) is 16.9. The minimum atomic E-state index is -0.966. The molecule has 0 spiro atoms. The molecule has 12 heteroatoms. The van der Waals surface area contributed by atoms with Gasteiger partial charge in [0.25, 0.3) is 11.8 Å². The maximum atomic E-state index is 13.0. The van der Waals surface area contributed by atoms with Crippen molar-refractivity contribution in [3.05, 3.63) is 50.6 Å². The van der Waals surface area contributed by atoms with Crippen molar-refractivity contribution in [2.24, 2.45) is 0 Å². The molecule has 3 aromatic rings. The van der Waals surface area contributed by atoms with Crippen LogP contribution in [0.4, 0.5) is 0 Å². The molecular formula is C23H25ClN6O4S. The van der Waals surface area contributed by atoms with Gasteiger partial charge in [-0.05, 0) is 31.3 Å². The summed E-state index contributed by atoms with van der Waals surface area (Å²) in [5.74, 6) is -1.62. The van der Waals surface area contributed by atoms with Crippen LogP contribution in [0.15, 0.2) is 24.3 Å². The Kier molecular flexibility index (Phi) is 6.49. The van der Waals surface area contributed by atoms with Crippen molar-refractivity contribution in [1.82, 2.24) is 30.4 Å². The molecule has 4 heterocycles. The number of hydrogen-bond acceptors (Lipinski definition) is 7. The van der Waals surface area contributed by atoms with E-state index in [0.29, 0.717) is 28.8 Å². The van der Waals surface area contributed by atoms with Crippen molar-refractivity contribution in [3.8, 4) is 0 Å². The monoisotopic (exact) mass is 516 g/mol. The maximum Gasteiger partial charge on any atom is 0.317 e. The third-order valence-corrected chi connectivity index (χ3v) is 7.65. The number of likely N-dealkylation sites (tertiary alicyclic amines) is 1. The largest absolute Gasteiger partial charge is 0.480 e. The lowest BCUT2D eigenvalue weighted by molar-refractivity contribution is -0.138. The molecule has 1 saturated heterocycles. The van der Waals surface area contributed by atoms with Gasteiger partial charge in [-0.15, -0.1) is 11.3 Å². The molecule has 2 atom stereocenters. The van der Waals surface area contributed by atoms with E-state index < -0.39 is 18.1 Å². The highest BCUT2D eigenvalue weighted by atomic mass is 35.5. The quantitative estimate of drug-likeness (QED) is 0.391. The van der Waals surface area contributed by atoms with E-state index >= 15 is 0 Å². The molecule has 2 aliphatic rings. The predicted octanol–water partition coefficient (Wildman–Crippen LogP) is 1.56. The molecule has 5 rings (SSSR count). The number of nitrogens with one attached hydrogen (secondary N) is 3. The molecule has 0 bridgehead atoms. The molecular weight excluding hydrogens is 492 g/mol. The zero-order chi connectivity index (χ0) is 24.7. The number of aromatic nitrogens is 2. The van der Waals surface area contributed by atoms with Crippen LogP contribution in [-0.2, 0) is 17.8 Å². The van der Waals surface area contributed by atoms with E-state index in [9.17, 15) is 19.5 Å². The van der Waals surface area contributed by atoms with Crippen molar-refractivity contribution < 1.29 is 19.5 Å². The average molecular weight is 517 g/mol. The first-order valence-corrected chi connectivity index (χ1v) is 12.5. The van der Waals surface area contributed by atoms with E-state index in [1.54, 1.807) is 29.2 Å². The number of benzene rings is 1. The van der Waals surface area contributed by atoms with Gasteiger partial charge in [0, 0.05) is 53.4 Å². The number of carboxylic acid groups (broad SMARTS) is 1. The normalized spacial score (nSPS) is 20.6. The first-order chi connectivity index (χ1) is 16.7. The molecule has 0 unspecified atom stereocenters. The Morgan fingerprint density at radius 2 is 1.94 bits per heavy atom. The Labute approximate surface area is 210 Å². The van der Waals surface area contributed by atoms with Gasteiger partial charge in [0.05, 0.1) is 24.3 Å². The Balaban J connectivity index is 1.31. The molecule has 0 radical (unpaired) electrons. The average Bonchev–Trinajstić information content (AvgIpc) is 3.49. The van der Waals surface area contributed by atoms with Crippen LogP contribution in [0.2, 0.25) is 5.02 Å². The van der Waals surface area contributed by atoms with Crippen LogP contribution in [-0.4, -0.2) is 88.0 Å². The third-order valence-electron chi connectivity index (χ3n) is 6.33. The number of carbonyl (C=O) groups excluding carboxylic acids is 2. The van der Waals surface area contributed by atoms with Gasteiger partial charge < -0.3 is 25.6 Å². The summed E-state index contributed by atoms with van der Waals surface area (Å²) < 4.78 is 0. The Bertz CT molecular complexity index is 1310. The van der Waals surface area contributed by atoms with Crippen molar-refractivity contribution >= 4 is 51.6 Å². The minimum absolute atomic E-state index is 0.179. The lowest BCUT2D eigenvalue weighted by Crippen LogP contribution is -2.51. The number of H-pyrrole nitrogens is 1. The summed E-state index contributed by atoms with van der Waals surface area (Å²) in [7, 11) is 2.03. The Hall–Kier alpha value is -2.99. The zero-order valence-electron chi connectivity index (χ0n) is 19.0. The molecule has 1 aromatic carbocycles. The van der Waals surface area contributed by atoms with Gasteiger partial charge in [0.1, 0.15) is 5.69 Å². The number of rotatable bonds is 6. The summed E-state index contributed by atoms with van der Waals surface area (Å²) in [6.45, 7) is 2.10. The maximum absolute atomic E-state index is 13.0. The summed E-state index contributed by atoms with van der Waals surface area (Å²) in [4.78, 5) is 49.9. The zero-order valence-corrected chi connectivity index (χ0v) is 20.6. The van der Waals surface area contributed by atoms with E-state index in [0.717, 1.165) is 41.0 Å². The van der Waals surface area contributed by atoms with Crippen LogP contribution in [0.3, 0.4) is 0 Å². The number of aromatic amines is 1. The van der Waals surface area contributed by atoms with Gasteiger partial charge in [-0.3, -0.25) is 19.3 Å². The first-order valence-electron chi connectivity index (χ1n) is 11.3. The van der Waals surface area contributed by atoms with Crippen LogP contribution in [0.1, 0.15) is 30.9 Å². The first kappa shape index (κ1) is 23.7. The number of hydrogen-bond donors (Lipinski definition) is 4. The second-order valence-electron chi connectivity index (χ2n) is 9.04. The number of aliphatic carboxylic acids is 1. The van der Waals surface area contributed by atoms with Gasteiger partial charge in [-0.1, -0.05) is 11.6 Å². The number of likely N-dealkylation sites (N-methyl/N-ethyl adjacent to an activating group) is 1. The number of carbonyl (C=O) groups is 3. The minimum Gasteiger partial charge on any atom is -0.480 e. The van der Waals surface area contributed by atoms with Crippen molar-refractivity contribution in [3.63, 3.8) is 0 Å². The standard InChI is InChI=1S/C23H25ClN6O4S/c1-29-5-4-15-19(10-29)35-23(28-15)22(34)27-18-9-30(11-20(31)32)8-17(18)26-21(33)16-7-12-6-13(24)2-3-14(12)25-16/h2-3,6-7,17-18,25H,4-5,8-11H2,1H3,(H,26,33)(H,27,34)(H,31,32)/t17-,18-/m1/s1. The predicted molar refractivity (Wildman–Crippen MR) is 132 cm³/mol. The highest BCUT2D eigenvalue weighted by molar-refractivity contribution is 7.13. The number of halogens is 1. The van der Waals surface area contributed by atoms with Gasteiger partial charge in [0.2, 0.25) is 0 Å². The summed E-state index contributed by atoms with van der Waals surface area (Å²) in [6, 6.07) is 6.08. The lowest BCUT2D eigenvalue weighted by Gasteiger charge is -2.20. The van der Waals surface area contributed by atoms with Crippen LogP contribution in [0.25, 0.3) is 10.9 Å². The van der Waals surface area contributed by atoms with E-state index in [4.69, 9.17) is 11.6 Å². The fraction of sp³-hybridized carbons (Fsp3) is 0.391. The van der Waals surface area contributed by atoms with Crippen LogP contribution in [0.5, 0.6) is 0 Å². The molecule has 2 aromatic heterocycles. The van der Waals surface area contributed by atoms with Gasteiger partial charge in [0.15, 0.2) is 5.01 Å². The number of amides is 2. The summed E-state index contributed by atoms with van der Waals surface area (Å²) in [6.07, 6.45) is 0.805. The molecule has 2 aliphatic heterocycles.